The van der Waals surface area contributed by atoms with Crippen molar-refractivity contribution < 1.29 is 0 Å². The van der Waals surface area contributed by atoms with Gasteiger partial charge in [0.15, 0.2) is 0 Å². The van der Waals surface area contributed by atoms with E-state index in [1.54, 1.807) is 0 Å². The molecule has 0 fully saturated rings. The normalized spacial score (nSPS) is 14.3. The molecule has 0 aliphatic heterocycles. The molecule has 1 heterocycles. The smallest absolute Gasteiger partial charge is 0.113 e. The first kappa shape index (κ1) is 14.8. The Morgan fingerprint density at radius 2 is 2.00 bits per heavy atom. The summed E-state index contributed by atoms with van der Waals surface area (Å²) in [5.74, 6) is 0. The molecule has 1 aromatic heterocycles. The fourth-order valence-electron chi connectivity index (χ4n) is 2.82. The van der Waals surface area contributed by atoms with Crippen LogP contribution in [0.3, 0.4) is 0 Å². The summed E-state index contributed by atoms with van der Waals surface area (Å²) < 4.78 is 2.07. The highest BCUT2D eigenvalue weighted by Gasteiger charge is 2.29. The molecule has 3 heteroatoms. The molecule has 20 heavy (non-hydrogen) atoms. The van der Waals surface area contributed by atoms with E-state index < -0.39 is 0 Å². The average molecular weight is 271 g/mol. The van der Waals surface area contributed by atoms with Gasteiger partial charge in [-0.1, -0.05) is 63.0 Å². The van der Waals surface area contributed by atoms with E-state index in [4.69, 9.17) is 0 Å². The minimum atomic E-state index is -0.107. The van der Waals surface area contributed by atoms with Crippen LogP contribution in [-0.4, -0.2) is 15.0 Å². The Bertz CT molecular complexity index is 558. The number of rotatable bonds is 8. The Balaban J connectivity index is 2.29. The molecule has 2 rings (SSSR count). The SMILES string of the molecule is C=CC(CC)(CCCCCC)n1nnc2ccccc21. The number of hydrogen-bond acceptors (Lipinski definition) is 2. The summed E-state index contributed by atoms with van der Waals surface area (Å²) in [5.41, 5.74) is 1.95. The summed E-state index contributed by atoms with van der Waals surface area (Å²) in [6.45, 7) is 8.52. The topological polar surface area (TPSA) is 30.7 Å². The van der Waals surface area contributed by atoms with Crippen LogP contribution in [0.1, 0.15) is 52.4 Å². The predicted octanol–water partition coefficient (Wildman–Crippen LogP) is 4.69. The molecule has 1 atom stereocenters. The van der Waals surface area contributed by atoms with Crippen LogP contribution in [0.5, 0.6) is 0 Å². The lowest BCUT2D eigenvalue weighted by Crippen LogP contribution is -2.31. The van der Waals surface area contributed by atoms with Gasteiger partial charge < -0.3 is 0 Å². The Morgan fingerprint density at radius 3 is 2.70 bits per heavy atom. The zero-order valence-corrected chi connectivity index (χ0v) is 12.7. The van der Waals surface area contributed by atoms with Crippen LogP contribution in [0.15, 0.2) is 36.9 Å². The molecule has 0 saturated carbocycles. The van der Waals surface area contributed by atoms with Crippen molar-refractivity contribution in [1.82, 2.24) is 15.0 Å². The summed E-state index contributed by atoms with van der Waals surface area (Å²) in [5, 5.41) is 8.69. The standard InChI is InChI=1S/C17H25N3/c1-4-7-8-11-14-17(5-2,6-3)20-16-13-10-9-12-15(16)18-19-20/h5,9-10,12-13H,2,4,6-8,11,14H2,1,3H3. The summed E-state index contributed by atoms with van der Waals surface area (Å²) in [6, 6.07) is 8.15. The number of para-hydroxylation sites is 1. The van der Waals surface area contributed by atoms with E-state index in [1.807, 2.05) is 18.2 Å². The van der Waals surface area contributed by atoms with Gasteiger partial charge in [-0.3, -0.25) is 0 Å². The summed E-state index contributed by atoms with van der Waals surface area (Å²) in [4.78, 5) is 0. The molecular formula is C17H25N3. The molecule has 0 bridgehead atoms. The second-order valence-electron chi connectivity index (χ2n) is 5.46. The van der Waals surface area contributed by atoms with Gasteiger partial charge in [0.25, 0.3) is 0 Å². The van der Waals surface area contributed by atoms with Gasteiger partial charge in [0, 0.05) is 0 Å². The average Bonchev–Trinajstić information content (AvgIpc) is 2.93. The van der Waals surface area contributed by atoms with Gasteiger partial charge in [-0.15, -0.1) is 11.7 Å². The number of nitrogens with zero attached hydrogens (tertiary/aromatic N) is 3. The molecule has 2 aromatic rings. The first-order valence-corrected chi connectivity index (χ1v) is 7.72. The van der Waals surface area contributed by atoms with E-state index in [2.05, 4.69) is 47.6 Å². The maximum absolute atomic E-state index is 4.40. The summed E-state index contributed by atoms with van der Waals surface area (Å²) >= 11 is 0. The zero-order valence-electron chi connectivity index (χ0n) is 12.7. The molecule has 1 unspecified atom stereocenters. The van der Waals surface area contributed by atoms with Crippen LogP contribution in [0.4, 0.5) is 0 Å². The molecule has 0 amide bonds. The van der Waals surface area contributed by atoms with E-state index in [1.165, 1.54) is 25.7 Å². The van der Waals surface area contributed by atoms with Crippen LogP contribution in [-0.2, 0) is 5.54 Å². The van der Waals surface area contributed by atoms with E-state index in [0.717, 1.165) is 23.9 Å². The van der Waals surface area contributed by atoms with Gasteiger partial charge in [-0.25, -0.2) is 4.68 Å². The lowest BCUT2D eigenvalue weighted by molar-refractivity contribution is 0.291. The Morgan fingerprint density at radius 1 is 1.20 bits per heavy atom. The third-order valence-corrected chi connectivity index (χ3v) is 4.23. The summed E-state index contributed by atoms with van der Waals surface area (Å²) in [7, 11) is 0. The zero-order chi connectivity index (χ0) is 14.4. The first-order valence-electron chi connectivity index (χ1n) is 7.72. The molecule has 0 spiro atoms. The molecule has 0 radical (unpaired) electrons. The lowest BCUT2D eigenvalue weighted by Gasteiger charge is -2.30. The highest BCUT2D eigenvalue weighted by Crippen LogP contribution is 2.31. The van der Waals surface area contributed by atoms with Crippen LogP contribution >= 0.6 is 0 Å². The second-order valence-corrected chi connectivity index (χ2v) is 5.46. The van der Waals surface area contributed by atoms with Gasteiger partial charge in [0.2, 0.25) is 0 Å². The fraction of sp³-hybridized carbons (Fsp3) is 0.529. The van der Waals surface area contributed by atoms with Crippen molar-refractivity contribution >= 4 is 11.0 Å². The number of allylic oxidation sites excluding steroid dienone is 1. The molecule has 108 valence electrons. The van der Waals surface area contributed by atoms with Crippen molar-refractivity contribution in [3.63, 3.8) is 0 Å². The van der Waals surface area contributed by atoms with E-state index in [9.17, 15) is 0 Å². The Labute approximate surface area is 121 Å². The third kappa shape index (κ3) is 2.77. The van der Waals surface area contributed by atoms with E-state index in [-0.39, 0.29) is 5.54 Å². The van der Waals surface area contributed by atoms with Gasteiger partial charge in [-0.2, -0.15) is 0 Å². The fourth-order valence-corrected chi connectivity index (χ4v) is 2.82. The molecule has 0 aliphatic carbocycles. The molecule has 3 nitrogen and oxygen atoms in total. The highest BCUT2D eigenvalue weighted by atomic mass is 15.5. The number of hydrogen-bond donors (Lipinski definition) is 0. The van der Waals surface area contributed by atoms with Crippen molar-refractivity contribution in [2.45, 2.75) is 57.9 Å². The Hall–Kier alpha value is -1.64. The van der Waals surface area contributed by atoms with E-state index in [0.29, 0.717) is 0 Å². The van der Waals surface area contributed by atoms with Crippen LogP contribution in [0.25, 0.3) is 11.0 Å². The minimum absolute atomic E-state index is 0.107. The monoisotopic (exact) mass is 271 g/mol. The first-order chi connectivity index (χ1) is 9.77. The Kier molecular flexibility index (Phi) is 4.94. The molecule has 0 aliphatic rings. The minimum Gasteiger partial charge on any atom is -0.235 e. The second kappa shape index (κ2) is 6.69. The van der Waals surface area contributed by atoms with Crippen LogP contribution in [0.2, 0.25) is 0 Å². The maximum Gasteiger partial charge on any atom is 0.113 e. The number of unbranched alkanes of at least 4 members (excludes halogenated alkanes) is 3. The van der Waals surface area contributed by atoms with Crippen molar-refractivity contribution in [1.29, 1.82) is 0 Å². The van der Waals surface area contributed by atoms with Gasteiger partial charge in [0.05, 0.1) is 11.1 Å². The number of fused-ring (bicyclic) bond motifs is 1. The van der Waals surface area contributed by atoms with Crippen molar-refractivity contribution in [2.75, 3.05) is 0 Å². The van der Waals surface area contributed by atoms with Crippen molar-refractivity contribution in [3.8, 4) is 0 Å². The van der Waals surface area contributed by atoms with Crippen molar-refractivity contribution in [3.05, 3.63) is 36.9 Å². The highest BCUT2D eigenvalue weighted by molar-refractivity contribution is 5.74. The predicted molar refractivity (Wildman–Crippen MR) is 84.7 cm³/mol. The lowest BCUT2D eigenvalue weighted by atomic mass is 9.89. The third-order valence-electron chi connectivity index (χ3n) is 4.23. The maximum atomic E-state index is 4.40. The molecule has 0 N–H and O–H groups in total. The molecule has 1 aromatic carbocycles. The number of aromatic nitrogens is 3. The molecular weight excluding hydrogens is 246 g/mol. The largest absolute Gasteiger partial charge is 0.235 e. The van der Waals surface area contributed by atoms with Gasteiger partial charge in [-0.05, 0) is 25.0 Å². The van der Waals surface area contributed by atoms with Crippen molar-refractivity contribution in [2.24, 2.45) is 0 Å². The van der Waals surface area contributed by atoms with Gasteiger partial charge in [0.1, 0.15) is 5.52 Å². The van der Waals surface area contributed by atoms with Crippen LogP contribution < -0.4 is 0 Å². The van der Waals surface area contributed by atoms with Gasteiger partial charge >= 0.3 is 0 Å². The molecule has 0 saturated heterocycles. The number of benzene rings is 1. The van der Waals surface area contributed by atoms with Crippen LogP contribution in [0, 0.1) is 0 Å². The van der Waals surface area contributed by atoms with E-state index >= 15 is 0 Å². The summed E-state index contributed by atoms with van der Waals surface area (Å²) in [6.07, 6.45) is 9.19. The quantitative estimate of drug-likeness (QED) is 0.515.